The minimum atomic E-state index is -0.520. The highest BCUT2D eigenvalue weighted by Gasteiger charge is 2.51. The maximum absolute atomic E-state index is 13.4. The number of nitrogens with one attached hydrogen (secondary N) is 2. The molecule has 2 fully saturated rings. The first-order valence-electron chi connectivity index (χ1n) is 11.7. The van der Waals surface area contributed by atoms with Gasteiger partial charge in [0.25, 0.3) is 0 Å². The Morgan fingerprint density at radius 3 is 2.60 bits per heavy atom. The van der Waals surface area contributed by atoms with Gasteiger partial charge in [0.15, 0.2) is 12.2 Å². The lowest BCUT2D eigenvalue weighted by Gasteiger charge is -2.43. The third-order valence-corrected chi connectivity index (χ3v) is 7.98. The van der Waals surface area contributed by atoms with Gasteiger partial charge in [-0.25, -0.2) is 13.5 Å². The summed E-state index contributed by atoms with van der Waals surface area (Å²) in [6.45, 7) is 3.66. The molecule has 188 valence electrons. The monoisotopic (exact) mass is 518 g/mol. The summed E-state index contributed by atoms with van der Waals surface area (Å²) in [5, 5.41) is 6.40. The Kier molecular flexibility index (Phi) is 8.59. The molecule has 0 saturated carbocycles. The fraction of sp³-hybridized carbons (Fsp3) is 0.440. The van der Waals surface area contributed by atoms with Crippen molar-refractivity contribution in [2.45, 2.75) is 44.4 Å². The third kappa shape index (κ3) is 6.30. The van der Waals surface area contributed by atoms with Gasteiger partial charge >= 0.3 is 6.09 Å². The van der Waals surface area contributed by atoms with Gasteiger partial charge in [-0.2, -0.15) is 11.8 Å². The summed E-state index contributed by atoms with van der Waals surface area (Å²) in [5.41, 5.74) is 2.12. The first kappa shape index (κ1) is 25.8. The number of aryl methyl sites for hydroxylation is 1. The lowest BCUT2D eigenvalue weighted by molar-refractivity contribution is -0.134. The standard InChI is InChI=1S/C25H31FN4O3S2/c1-18-5-3-4-6-21(18)27-24(32)33-35-29-14-12-25(13-15-29)28-22(11-16-34-2)23(31)30(25)17-19-7-9-20(26)10-8-19/h3-10,22,28H,11-17H2,1-2H3,(H,27,32). The highest BCUT2D eigenvalue weighted by atomic mass is 32.2. The number of anilines is 1. The van der Waals surface area contributed by atoms with Crippen LogP contribution in [0.1, 0.15) is 30.4 Å². The maximum atomic E-state index is 13.4. The molecule has 4 rings (SSSR count). The van der Waals surface area contributed by atoms with Crippen LogP contribution in [-0.2, 0) is 15.5 Å². The van der Waals surface area contributed by atoms with E-state index in [0.717, 1.165) is 41.2 Å². The van der Waals surface area contributed by atoms with Crippen molar-refractivity contribution in [3.63, 3.8) is 0 Å². The molecular weight excluding hydrogens is 487 g/mol. The predicted octanol–water partition coefficient (Wildman–Crippen LogP) is 4.79. The topological polar surface area (TPSA) is 73.9 Å². The normalized spacial score (nSPS) is 19.8. The van der Waals surface area contributed by atoms with Crippen LogP contribution < -0.4 is 10.6 Å². The van der Waals surface area contributed by atoms with E-state index in [4.69, 9.17) is 4.18 Å². The van der Waals surface area contributed by atoms with Crippen molar-refractivity contribution in [3.05, 3.63) is 65.5 Å². The van der Waals surface area contributed by atoms with Crippen molar-refractivity contribution in [2.24, 2.45) is 0 Å². The second-order valence-corrected chi connectivity index (χ2v) is 10.7. The van der Waals surface area contributed by atoms with Crippen LogP contribution in [0.3, 0.4) is 0 Å². The van der Waals surface area contributed by atoms with Gasteiger partial charge in [-0.1, -0.05) is 30.3 Å². The van der Waals surface area contributed by atoms with Crippen LogP contribution in [0.5, 0.6) is 0 Å². The lowest BCUT2D eigenvalue weighted by Crippen LogP contribution is -2.57. The number of nitrogens with zero attached hydrogens (tertiary/aromatic N) is 2. The summed E-state index contributed by atoms with van der Waals surface area (Å²) in [6.07, 6.45) is 3.68. The molecule has 1 spiro atoms. The molecule has 1 unspecified atom stereocenters. The smallest absolute Gasteiger partial charge is 0.358 e. The molecule has 2 amide bonds. The summed E-state index contributed by atoms with van der Waals surface area (Å²) in [7, 11) is 0. The van der Waals surface area contributed by atoms with E-state index >= 15 is 0 Å². The van der Waals surface area contributed by atoms with Gasteiger partial charge in [-0.3, -0.25) is 15.4 Å². The second kappa shape index (κ2) is 11.6. The van der Waals surface area contributed by atoms with Crippen molar-refractivity contribution in [1.29, 1.82) is 0 Å². The van der Waals surface area contributed by atoms with Gasteiger partial charge in [0.05, 0.1) is 11.7 Å². The Morgan fingerprint density at radius 1 is 1.20 bits per heavy atom. The van der Waals surface area contributed by atoms with E-state index in [1.807, 2.05) is 46.7 Å². The van der Waals surface area contributed by atoms with Crippen molar-refractivity contribution in [3.8, 4) is 0 Å². The van der Waals surface area contributed by atoms with Crippen molar-refractivity contribution >= 4 is 41.7 Å². The molecule has 0 aliphatic carbocycles. The highest BCUT2D eigenvalue weighted by Crippen LogP contribution is 2.36. The van der Waals surface area contributed by atoms with Crippen molar-refractivity contribution in [1.82, 2.24) is 14.5 Å². The first-order valence-corrected chi connectivity index (χ1v) is 13.8. The molecular formula is C25H31FN4O3S2. The molecule has 0 aromatic heterocycles. The zero-order valence-electron chi connectivity index (χ0n) is 20.0. The van der Waals surface area contributed by atoms with Gasteiger partial charge in [0.1, 0.15) is 5.82 Å². The molecule has 2 heterocycles. The summed E-state index contributed by atoms with van der Waals surface area (Å²) in [4.78, 5) is 27.5. The van der Waals surface area contributed by atoms with Gasteiger partial charge in [0.2, 0.25) is 5.91 Å². The van der Waals surface area contributed by atoms with Crippen LogP contribution in [-0.4, -0.2) is 58.0 Å². The Morgan fingerprint density at radius 2 is 1.91 bits per heavy atom. The summed E-state index contributed by atoms with van der Waals surface area (Å²) < 4.78 is 20.8. The Hall–Kier alpha value is -2.27. The molecule has 0 bridgehead atoms. The van der Waals surface area contributed by atoms with Crippen LogP contribution in [0, 0.1) is 12.7 Å². The number of carbonyl (C=O) groups excluding carboxylic acids is 2. The fourth-order valence-corrected chi connectivity index (χ4v) is 5.59. The number of hydrogen-bond acceptors (Lipinski definition) is 7. The lowest BCUT2D eigenvalue weighted by atomic mass is 9.96. The van der Waals surface area contributed by atoms with Crippen LogP contribution in [0.2, 0.25) is 0 Å². The number of amides is 2. The summed E-state index contributed by atoms with van der Waals surface area (Å²) in [6, 6.07) is 13.6. The molecule has 35 heavy (non-hydrogen) atoms. The second-order valence-electron chi connectivity index (χ2n) is 8.88. The number of para-hydroxylation sites is 1. The Bertz CT molecular complexity index is 1030. The third-order valence-electron chi connectivity index (χ3n) is 6.54. The number of piperidine rings is 1. The quantitative estimate of drug-likeness (QED) is 0.384. The number of benzene rings is 2. The SMILES string of the molecule is CSCCC1NC2(CCN(SOC(=O)Nc3ccccc3C)CC2)N(Cc2ccc(F)cc2)C1=O. The van der Waals surface area contributed by atoms with E-state index in [1.165, 1.54) is 12.1 Å². The molecule has 2 aromatic carbocycles. The maximum Gasteiger partial charge on any atom is 0.425 e. The average molecular weight is 519 g/mol. The number of thioether (sulfide) groups is 1. The van der Waals surface area contributed by atoms with E-state index in [2.05, 4.69) is 10.6 Å². The van der Waals surface area contributed by atoms with Gasteiger partial charge in [0, 0.05) is 25.3 Å². The molecule has 2 aliphatic heterocycles. The number of halogens is 1. The van der Waals surface area contributed by atoms with E-state index < -0.39 is 11.8 Å². The van der Waals surface area contributed by atoms with E-state index in [0.29, 0.717) is 32.5 Å². The van der Waals surface area contributed by atoms with Crippen molar-refractivity contribution in [2.75, 3.05) is 30.4 Å². The van der Waals surface area contributed by atoms with Crippen LogP contribution in [0.15, 0.2) is 48.5 Å². The Labute approximate surface area is 214 Å². The minimum absolute atomic E-state index is 0.0957. The molecule has 2 aromatic rings. The molecule has 2 saturated heterocycles. The summed E-state index contributed by atoms with van der Waals surface area (Å²) in [5.74, 6) is 0.706. The number of rotatable bonds is 8. The van der Waals surface area contributed by atoms with Crippen molar-refractivity contribution < 1.29 is 18.2 Å². The molecule has 7 nitrogen and oxygen atoms in total. The molecule has 1 atom stereocenters. The number of hydrogen-bond donors (Lipinski definition) is 2. The van der Waals surface area contributed by atoms with E-state index in [9.17, 15) is 14.0 Å². The predicted molar refractivity (Wildman–Crippen MR) is 139 cm³/mol. The van der Waals surface area contributed by atoms with Crippen LogP contribution >= 0.6 is 24.0 Å². The molecule has 2 N–H and O–H groups in total. The highest BCUT2D eigenvalue weighted by molar-refractivity contribution is 7.98. The zero-order chi connectivity index (χ0) is 24.8. The first-order chi connectivity index (χ1) is 16.9. The molecule has 0 radical (unpaired) electrons. The number of carbonyl (C=O) groups is 2. The van der Waals surface area contributed by atoms with E-state index in [1.54, 1.807) is 23.9 Å². The van der Waals surface area contributed by atoms with Crippen LogP contribution in [0.25, 0.3) is 0 Å². The fourth-order valence-electron chi connectivity index (χ4n) is 4.57. The average Bonchev–Trinajstić information content (AvgIpc) is 3.10. The largest absolute Gasteiger partial charge is 0.425 e. The van der Waals surface area contributed by atoms with E-state index in [-0.39, 0.29) is 17.8 Å². The van der Waals surface area contributed by atoms with Gasteiger partial charge in [-0.15, -0.1) is 0 Å². The van der Waals surface area contributed by atoms with Crippen LogP contribution in [0.4, 0.5) is 14.9 Å². The Balaban J connectivity index is 1.36. The summed E-state index contributed by atoms with van der Waals surface area (Å²) >= 11 is 2.77. The minimum Gasteiger partial charge on any atom is -0.358 e. The molecule has 2 aliphatic rings. The van der Waals surface area contributed by atoms with Gasteiger partial charge in [-0.05, 0) is 67.5 Å². The van der Waals surface area contributed by atoms with Gasteiger partial charge < -0.3 is 9.08 Å². The molecule has 10 heteroatoms. The zero-order valence-corrected chi connectivity index (χ0v) is 21.6.